The van der Waals surface area contributed by atoms with Crippen molar-refractivity contribution in [3.8, 4) is 17.2 Å². The van der Waals surface area contributed by atoms with E-state index in [0.29, 0.717) is 17.3 Å². The van der Waals surface area contributed by atoms with Crippen molar-refractivity contribution >= 4 is 0 Å². The number of hydrogen-bond donors (Lipinski definition) is 1. The van der Waals surface area contributed by atoms with Crippen molar-refractivity contribution in [2.75, 3.05) is 0 Å². The van der Waals surface area contributed by atoms with Gasteiger partial charge in [-0.1, -0.05) is 36.9 Å². The summed E-state index contributed by atoms with van der Waals surface area (Å²) >= 11 is 0. The third-order valence-electron chi connectivity index (χ3n) is 2.92. The van der Waals surface area contributed by atoms with Gasteiger partial charge in [-0.05, 0) is 40.8 Å². The second-order valence-corrected chi connectivity index (χ2v) is 4.42. The summed E-state index contributed by atoms with van der Waals surface area (Å²) in [6, 6.07) is 16.9. The fourth-order valence-electron chi connectivity index (χ4n) is 1.89. The Morgan fingerprint density at radius 1 is 1.00 bits per heavy atom. The molecule has 3 aromatic rings. The molecule has 6 heteroatoms. The van der Waals surface area contributed by atoms with Gasteiger partial charge in [0, 0.05) is 0 Å². The number of benzene rings is 2. The maximum absolute atomic E-state index is 5.89. The van der Waals surface area contributed by atoms with Crippen molar-refractivity contribution in [2.24, 2.45) is 0 Å². The highest BCUT2D eigenvalue weighted by molar-refractivity contribution is 5.43. The number of aromatic nitrogens is 4. The maximum Gasteiger partial charge on any atom is 0.193 e. The Balaban J connectivity index is 1.83. The fraction of sp³-hybridized carbons (Fsp3) is 0.0625. The molecule has 1 heterocycles. The minimum atomic E-state index is -0.490. The lowest BCUT2D eigenvalue weighted by Crippen LogP contribution is -2.07. The maximum atomic E-state index is 5.89. The normalized spacial score (nSPS) is 11.6. The van der Waals surface area contributed by atoms with Crippen LogP contribution >= 0.6 is 0 Å². The number of nitrogens with one attached hydrogen (secondary N) is 1. The zero-order valence-corrected chi connectivity index (χ0v) is 11.7. The summed E-state index contributed by atoms with van der Waals surface area (Å²) in [4.78, 5) is 0. The first-order valence-corrected chi connectivity index (χ1v) is 6.71. The molecule has 0 fully saturated rings. The molecule has 0 bridgehead atoms. The average Bonchev–Trinajstić information content (AvgIpc) is 3.09. The molecule has 1 unspecified atom stereocenters. The zero-order chi connectivity index (χ0) is 15.2. The molecule has 1 atom stereocenters. The van der Waals surface area contributed by atoms with Crippen LogP contribution in [0, 0.1) is 0 Å². The molecule has 0 aliphatic carbocycles. The van der Waals surface area contributed by atoms with Gasteiger partial charge >= 0.3 is 0 Å². The van der Waals surface area contributed by atoms with E-state index in [9.17, 15) is 0 Å². The van der Waals surface area contributed by atoms with Crippen molar-refractivity contribution in [2.45, 2.75) is 6.10 Å². The molecule has 0 radical (unpaired) electrons. The molecule has 1 N–H and O–H groups in total. The van der Waals surface area contributed by atoms with E-state index in [-0.39, 0.29) is 0 Å². The summed E-state index contributed by atoms with van der Waals surface area (Å²) in [6.07, 6.45) is 1.12. The Hall–Kier alpha value is -3.15. The molecule has 6 nitrogen and oxygen atoms in total. The minimum absolute atomic E-state index is 0.476. The van der Waals surface area contributed by atoms with E-state index in [1.165, 1.54) is 0 Å². The molecule has 0 aliphatic rings. The van der Waals surface area contributed by atoms with Crippen molar-refractivity contribution < 1.29 is 9.47 Å². The van der Waals surface area contributed by atoms with Crippen molar-refractivity contribution in [3.63, 3.8) is 0 Å². The SMILES string of the molecule is C=CC(Oc1ccccc1Oc1ccccc1)c1nnn[nH]1. The van der Waals surface area contributed by atoms with Crippen LogP contribution in [-0.2, 0) is 0 Å². The summed E-state index contributed by atoms with van der Waals surface area (Å²) in [7, 11) is 0. The molecule has 0 spiro atoms. The van der Waals surface area contributed by atoms with Crippen LogP contribution in [0.25, 0.3) is 0 Å². The van der Waals surface area contributed by atoms with Gasteiger partial charge in [0.1, 0.15) is 5.75 Å². The van der Waals surface area contributed by atoms with Gasteiger partial charge in [0.05, 0.1) is 0 Å². The molecule has 0 aliphatic heterocycles. The highest BCUT2D eigenvalue weighted by atomic mass is 16.5. The first-order chi connectivity index (χ1) is 10.9. The summed E-state index contributed by atoms with van der Waals surface area (Å²) in [5, 5.41) is 13.6. The van der Waals surface area contributed by atoms with Crippen LogP contribution in [0.15, 0.2) is 67.3 Å². The van der Waals surface area contributed by atoms with Crippen LogP contribution in [0.5, 0.6) is 17.2 Å². The first kappa shape index (κ1) is 13.8. The number of nitrogens with zero attached hydrogens (tertiary/aromatic N) is 3. The largest absolute Gasteiger partial charge is 0.474 e. The van der Waals surface area contributed by atoms with Crippen LogP contribution in [0.4, 0.5) is 0 Å². The van der Waals surface area contributed by atoms with Crippen LogP contribution < -0.4 is 9.47 Å². The predicted octanol–water partition coefficient (Wildman–Crippen LogP) is 3.30. The number of tetrazole rings is 1. The quantitative estimate of drug-likeness (QED) is 0.706. The van der Waals surface area contributed by atoms with E-state index in [1.54, 1.807) is 6.08 Å². The highest BCUT2D eigenvalue weighted by Crippen LogP contribution is 2.33. The van der Waals surface area contributed by atoms with Gasteiger partial charge in [-0.25, -0.2) is 5.10 Å². The Morgan fingerprint density at radius 2 is 1.73 bits per heavy atom. The van der Waals surface area contributed by atoms with Gasteiger partial charge in [0.2, 0.25) is 0 Å². The van der Waals surface area contributed by atoms with Crippen LogP contribution in [0.1, 0.15) is 11.9 Å². The van der Waals surface area contributed by atoms with E-state index in [4.69, 9.17) is 9.47 Å². The van der Waals surface area contributed by atoms with Gasteiger partial charge in [-0.2, -0.15) is 0 Å². The van der Waals surface area contributed by atoms with Gasteiger partial charge in [-0.15, -0.1) is 5.10 Å². The lowest BCUT2D eigenvalue weighted by molar-refractivity contribution is 0.236. The van der Waals surface area contributed by atoms with Crippen molar-refractivity contribution in [1.29, 1.82) is 0 Å². The summed E-state index contributed by atoms with van der Waals surface area (Å²) in [5.41, 5.74) is 0. The molecular weight excluding hydrogens is 280 g/mol. The monoisotopic (exact) mass is 294 g/mol. The lowest BCUT2D eigenvalue weighted by Gasteiger charge is -2.16. The molecule has 110 valence electrons. The number of hydrogen-bond acceptors (Lipinski definition) is 5. The molecule has 3 rings (SSSR count). The molecule has 0 saturated carbocycles. The summed E-state index contributed by atoms with van der Waals surface area (Å²) in [6.45, 7) is 3.75. The van der Waals surface area contributed by atoms with Gasteiger partial charge in [0.25, 0.3) is 0 Å². The molecule has 2 aromatic carbocycles. The number of para-hydroxylation sites is 3. The third-order valence-corrected chi connectivity index (χ3v) is 2.92. The molecule has 1 aromatic heterocycles. The smallest absolute Gasteiger partial charge is 0.193 e. The molecule has 0 saturated heterocycles. The second-order valence-electron chi connectivity index (χ2n) is 4.42. The van der Waals surface area contributed by atoms with Crippen LogP contribution in [-0.4, -0.2) is 20.6 Å². The second kappa shape index (κ2) is 6.53. The Labute approximate surface area is 127 Å². The average molecular weight is 294 g/mol. The van der Waals surface area contributed by atoms with Crippen molar-refractivity contribution in [3.05, 3.63) is 73.1 Å². The van der Waals surface area contributed by atoms with Crippen molar-refractivity contribution in [1.82, 2.24) is 20.6 Å². The number of H-pyrrole nitrogens is 1. The Kier molecular flexibility index (Phi) is 4.10. The number of aromatic amines is 1. The molecule has 22 heavy (non-hydrogen) atoms. The van der Waals surface area contributed by atoms with E-state index in [1.807, 2.05) is 54.6 Å². The molecular formula is C16H14N4O2. The van der Waals surface area contributed by atoms with Gasteiger partial charge in [0.15, 0.2) is 23.4 Å². The predicted molar refractivity (Wildman–Crippen MR) is 80.7 cm³/mol. The van der Waals surface area contributed by atoms with E-state index >= 15 is 0 Å². The minimum Gasteiger partial charge on any atom is -0.474 e. The van der Waals surface area contributed by atoms with E-state index in [2.05, 4.69) is 27.2 Å². The number of ether oxygens (including phenoxy) is 2. The molecule has 0 amide bonds. The zero-order valence-electron chi connectivity index (χ0n) is 11.7. The summed E-state index contributed by atoms with van der Waals surface area (Å²) in [5.74, 6) is 2.39. The fourth-order valence-corrected chi connectivity index (χ4v) is 1.89. The first-order valence-electron chi connectivity index (χ1n) is 6.71. The lowest BCUT2D eigenvalue weighted by atomic mass is 10.3. The Bertz CT molecular complexity index is 729. The highest BCUT2D eigenvalue weighted by Gasteiger charge is 2.16. The third kappa shape index (κ3) is 3.12. The topological polar surface area (TPSA) is 72.9 Å². The Morgan fingerprint density at radius 3 is 2.41 bits per heavy atom. The van der Waals surface area contributed by atoms with Gasteiger partial charge in [-0.3, -0.25) is 0 Å². The number of rotatable bonds is 6. The van der Waals surface area contributed by atoms with E-state index < -0.39 is 6.10 Å². The summed E-state index contributed by atoms with van der Waals surface area (Å²) < 4.78 is 11.7. The standard InChI is InChI=1S/C16H14N4O2/c1-2-13(16-17-19-20-18-16)22-15-11-7-6-10-14(15)21-12-8-4-3-5-9-12/h2-11,13H,1H2,(H,17,18,19,20). The van der Waals surface area contributed by atoms with Crippen LogP contribution in [0.2, 0.25) is 0 Å². The van der Waals surface area contributed by atoms with Crippen LogP contribution in [0.3, 0.4) is 0 Å². The van der Waals surface area contributed by atoms with E-state index in [0.717, 1.165) is 5.75 Å². The van der Waals surface area contributed by atoms with Gasteiger partial charge < -0.3 is 9.47 Å².